The third-order valence-electron chi connectivity index (χ3n) is 3.91. The smallest absolute Gasteiger partial charge is 0.349 e. The summed E-state index contributed by atoms with van der Waals surface area (Å²) in [6, 6.07) is 12.6. The van der Waals surface area contributed by atoms with Gasteiger partial charge in [0.1, 0.15) is 15.6 Å². The number of sulfonamides is 1. The molecule has 0 fully saturated rings. The van der Waals surface area contributed by atoms with Gasteiger partial charge in [0, 0.05) is 10.9 Å². The molecule has 27 heavy (non-hydrogen) atoms. The van der Waals surface area contributed by atoms with Gasteiger partial charge in [0.15, 0.2) is 0 Å². The minimum Gasteiger partial charge on any atom is -0.465 e. The molecular formula is C19H16FNO4S2. The average Bonchev–Trinajstić information content (AvgIpc) is 3.11. The minimum atomic E-state index is -4.18. The van der Waals surface area contributed by atoms with Gasteiger partial charge in [-0.15, -0.1) is 11.3 Å². The topological polar surface area (TPSA) is 72.5 Å². The molecule has 0 radical (unpaired) electrons. The van der Waals surface area contributed by atoms with Crippen LogP contribution in [0, 0.1) is 12.7 Å². The van der Waals surface area contributed by atoms with Gasteiger partial charge in [-0.1, -0.05) is 36.4 Å². The van der Waals surface area contributed by atoms with Crippen molar-refractivity contribution in [2.75, 3.05) is 11.8 Å². The van der Waals surface area contributed by atoms with Crippen molar-refractivity contribution in [1.29, 1.82) is 0 Å². The number of thiophene rings is 1. The molecule has 0 saturated heterocycles. The number of carbonyl (C=O) groups excluding carboxylic acids is 1. The lowest BCUT2D eigenvalue weighted by Crippen LogP contribution is -2.17. The second kappa shape index (κ2) is 7.50. The van der Waals surface area contributed by atoms with Gasteiger partial charge in [-0.25, -0.2) is 17.6 Å². The molecule has 2 aromatic carbocycles. The summed E-state index contributed by atoms with van der Waals surface area (Å²) in [6.07, 6.45) is 0. The highest BCUT2D eigenvalue weighted by Gasteiger charge is 2.30. The van der Waals surface area contributed by atoms with Crippen LogP contribution >= 0.6 is 11.3 Å². The maximum absolute atomic E-state index is 13.6. The van der Waals surface area contributed by atoms with Crippen molar-refractivity contribution < 1.29 is 22.3 Å². The van der Waals surface area contributed by atoms with Crippen LogP contribution in [-0.2, 0) is 14.8 Å². The van der Waals surface area contributed by atoms with Crippen molar-refractivity contribution in [1.82, 2.24) is 0 Å². The maximum Gasteiger partial charge on any atom is 0.349 e. The summed E-state index contributed by atoms with van der Waals surface area (Å²) in [5.74, 6) is -1.32. The lowest BCUT2D eigenvalue weighted by molar-refractivity contribution is 0.0602. The number of hydrogen-bond donors (Lipinski definition) is 1. The van der Waals surface area contributed by atoms with Gasteiger partial charge in [0.25, 0.3) is 10.0 Å². The number of aryl methyl sites for hydroxylation is 1. The Morgan fingerprint density at radius 1 is 1.15 bits per heavy atom. The van der Waals surface area contributed by atoms with Crippen LogP contribution in [0.3, 0.4) is 0 Å². The van der Waals surface area contributed by atoms with E-state index in [1.165, 1.54) is 19.2 Å². The Kier molecular flexibility index (Phi) is 5.29. The van der Waals surface area contributed by atoms with E-state index in [0.29, 0.717) is 16.7 Å². The minimum absolute atomic E-state index is 0.0436. The number of carbonyl (C=O) groups is 1. The second-order valence-electron chi connectivity index (χ2n) is 5.73. The molecule has 0 unspecified atom stereocenters. The standard InChI is InChI=1S/C19H16FNO4S2/c1-12-8-9-14(20)10-16(12)21-27(23,24)18-15(13-6-4-3-5-7-13)11-26-17(18)19(22)25-2/h3-11,21H,1-2H3. The fraction of sp³-hybridized carbons (Fsp3) is 0.105. The summed E-state index contributed by atoms with van der Waals surface area (Å²) < 4.78 is 46.9. The van der Waals surface area contributed by atoms with Crippen molar-refractivity contribution >= 4 is 33.0 Å². The Hall–Kier alpha value is -2.71. The molecule has 140 valence electrons. The fourth-order valence-electron chi connectivity index (χ4n) is 2.56. The van der Waals surface area contributed by atoms with Crippen LogP contribution in [0.5, 0.6) is 0 Å². The van der Waals surface area contributed by atoms with Crippen molar-refractivity contribution in [3.63, 3.8) is 0 Å². The van der Waals surface area contributed by atoms with E-state index in [1.54, 1.807) is 42.6 Å². The van der Waals surface area contributed by atoms with Crippen LogP contribution in [0.1, 0.15) is 15.2 Å². The summed E-state index contributed by atoms with van der Waals surface area (Å²) in [5, 5.41) is 1.59. The molecule has 0 amide bonds. The van der Waals surface area contributed by atoms with E-state index in [1.807, 2.05) is 0 Å². The number of ether oxygens (including phenoxy) is 1. The van der Waals surface area contributed by atoms with E-state index >= 15 is 0 Å². The first kappa shape index (κ1) is 19.1. The summed E-state index contributed by atoms with van der Waals surface area (Å²) in [5.41, 5.74) is 1.68. The number of nitrogens with one attached hydrogen (secondary N) is 1. The molecule has 0 bridgehead atoms. The zero-order chi connectivity index (χ0) is 19.6. The first-order chi connectivity index (χ1) is 12.8. The van der Waals surface area contributed by atoms with Gasteiger partial charge in [-0.2, -0.15) is 0 Å². The summed E-state index contributed by atoms with van der Waals surface area (Å²) in [7, 11) is -3.00. The zero-order valence-electron chi connectivity index (χ0n) is 14.5. The normalized spacial score (nSPS) is 11.2. The molecule has 0 spiro atoms. The van der Waals surface area contributed by atoms with Crippen molar-refractivity contribution in [2.45, 2.75) is 11.8 Å². The van der Waals surface area contributed by atoms with Crippen LogP contribution in [0.25, 0.3) is 11.1 Å². The van der Waals surface area contributed by atoms with Crippen LogP contribution in [0.2, 0.25) is 0 Å². The highest BCUT2D eigenvalue weighted by atomic mass is 32.2. The molecule has 3 aromatic rings. The van der Waals surface area contributed by atoms with Gasteiger partial charge < -0.3 is 4.74 Å². The predicted octanol–water partition coefficient (Wildman–Crippen LogP) is 4.45. The largest absolute Gasteiger partial charge is 0.465 e. The molecule has 1 aromatic heterocycles. The van der Waals surface area contributed by atoms with Gasteiger partial charge in [0.05, 0.1) is 12.8 Å². The second-order valence-corrected chi connectivity index (χ2v) is 8.23. The first-order valence-corrected chi connectivity index (χ1v) is 10.2. The first-order valence-electron chi connectivity index (χ1n) is 7.87. The fourth-order valence-corrected chi connectivity index (χ4v) is 5.40. The average molecular weight is 405 g/mol. The third kappa shape index (κ3) is 3.86. The lowest BCUT2D eigenvalue weighted by Gasteiger charge is -2.13. The molecule has 8 heteroatoms. The molecule has 0 atom stereocenters. The van der Waals surface area contributed by atoms with E-state index in [0.717, 1.165) is 17.4 Å². The summed E-state index contributed by atoms with van der Waals surface area (Å²) >= 11 is 0.981. The molecule has 0 aliphatic heterocycles. The summed E-state index contributed by atoms with van der Waals surface area (Å²) in [4.78, 5) is 11.9. The van der Waals surface area contributed by atoms with E-state index in [9.17, 15) is 17.6 Å². The maximum atomic E-state index is 13.6. The molecule has 5 nitrogen and oxygen atoms in total. The van der Waals surface area contributed by atoms with Crippen molar-refractivity contribution in [3.8, 4) is 11.1 Å². The van der Waals surface area contributed by atoms with Crippen LogP contribution < -0.4 is 4.72 Å². The van der Waals surface area contributed by atoms with Gasteiger partial charge in [-0.3, -0.25) is 4.72 Å². The van der Waals surface area contributed by atoms with Crippen LogP contribution in [-0.4, -0.2) is 21.5 Å². The van der Waals surface area contributed by atoms with Crippen molar-refractivity contribution in [3.05, 3.63) is 70.2 Å². The quantitative estimate of drug-likeness (QED) is 0.637. The van der Waals surface area contributed by atoms with E-state index in [2.05, 4.69) is 4.72 Å². The Morgan fingerprint density at radius 2 is 1.85 bits per heavy atom. The number of hydrogen-bond acceptors (Lipinski definition) is 5. The van der Waals surface area contributed by atoms with E-state index in [4.69, 9.17) is 4.74 Å². The number of anilines is 1. The monoisotopic (exact) mass is 405 g/mol. The van der Waals surface area contributed by atoms with Crippen LogP contribution in [0.15, 0.2) is 58.8 Å². The molecular weight excluding hydrogens is 389 g/mol. The molecule has 3 rings (SSSR count). The number of benzene rings is 2. The number of halogens is 1. The number of methoxy groups -OCH3 is 1. The van der Waals surface area contributed by atoms with E-state index in [-0.39, 0.29) is 15.5 Å². The predicted molar refractivity (Wildman–Crippen MR) is 103 cm³/mol. The highest BCUT2D eigenvalue weighted by Crippen LogP contribution is 2.37. The molecule has 0 aliphatic rings. The van der Waals surface area contributed by atoms with Crippen molar-refractivity contribution in [2.24, 2.45) is 0 Å². The molecule has 0 saturated carbocycles. The zero-order valence-corrected chi connectivity index (χ0v) is 16.2. The molecule has 0 aliphatic carbocycles. The molecule has 1 heterocycles. The number of rotatable bonds is 5. The van der Waals surface area contributed by atoms with Gasteiger partial charge in [0.2, 0.25) is 0 Å². The third-order valence-corrected chi connectivity index (χ3v) is 6.45. The Morgan fingerprint density at radius 3 is 2.52 bits per heavy atom. The van der Waals surface area contributed by atoms with Gasteiger partial charge in [-0.05, 0) is 30.2 Å². The highest BCUT2D eigenvalue weighted by molar-refractivity contribution is 7.93. The van der Waals surface area contributed by atoms with Crippen LogP contribution in [0.4, 0.5) is 10.1 Å². The Balaban J connectivity index is 2.17. The SMILES string of the molecule is COC(=O)c1scc(-c2ccccc2)c1S(=O)(=O)Nc1cc(F)ccc1C. The Labute approximate surface area is 160 Å². The van der Waals surface area contributed by atoms with E-state index < -0.39 is 21.8 Å². The number of esters is 1. The molecule has 1 N–H and O–H groups in total. The van der Waals surface area contributed by atoms with Gasteiger partial charge >= 0.3 is 5.97 Å². The summed E-state index contributed by atoms with van der Waals surface area (Å²) in [6.45, 7) is 1.66. The lowest BCUT2D eigenvalue weighted by atomic mass is 10.1. The Bertz CT molecular complexity index is 1090.